The van der Waals surface area contributed by atoms with Crippen LogP contribution in [0.1, 0.15) is 11.1 Å². The molecule has 0 bridgehead atoms. The second-order valence-corrected chi connectivity index (χ2v) is 5.01. The molecule has 0 fully saturated rings. The molecule has 0 aliphatic carbocycles. The Balaban J connectivity index is 2.09. The summed E-state index contributed by atoms with van der Waals surface area (Å²) in [5.41, 5.74) is 1.94. The number of hydrogen-bond donors (Lipinski definition) is 1. The first-order valence-electron chi connectivity index (χ1n) is 5.25. The van der Waals surface area contributed by atoms with E-state index in [1.807, 2.05) is 6.07 Å². The Labute approximate surface area is 118 Å². The average Bonchev–Trinajstić information content (AvgIpc) is 2.87. The number of nitriles is 1. The van der Waals surface area contributed by atoms with Crippen LogP contribution in [0.25, 0.3) is 0 Å². The average molecular weight is 294 g/mol. The summed E-state index contributed by atoms with van der Waals surface area (Å²) in [6, 6.07) is 8.45. The van der Waals surface area contributed by atoms with E-state index in [-0.39, 0.29) is 5.00 Å². The molecule has 0 aliphatic heterocycles. The number of benzene rings is 1. The highest BCUT2D eigenvalue weighted by atomic mass is 35.5. The minimum atomic E-state index is -0.419. The molecule has 1 aromatic heterocycles. The number of rotatable bonds is 4. The molecule has 5 nitrogen and oxygen atoms in total. The third kappa shape index (κ3) is 3.22. The van der Waals surface area contributed by atoms with Crippen molar-refractivity contribution in [3.05, 3.63) is 55.9 Å². The van der Waals surface area contributed by atoms with Crippen molar-refractivity contribution in [2.45, 2.75) is 6.54 Å². The van der Waals surface area contributed by atoms with Gasteiger partial charge in [-0.25, -0.2) is 0 Å². The maximum Gasteiger partial charge on any atom is 0.324 e. The van der Waals surface area contributed by atoms with Crippen LogP contribution in [0.4, 0.5) is 10.7 Å². The Bertz CT molecular complexity index is 663. The molecule has 0 saturated heterocycles. The molecular weight excluding hydrogens is 286 g/mol. The van der Waals surface area contributed by atoms with Gasteiger partial charge in [0, 0.05) is 18.0 Å². The van der Waals surface area contributed by atoms with E-state index in [0.29, 0.717) is 22.8 Å². The normalized spacial score (nSPS) is 9.89. The minimum absolute atomic E-state index is 0.105. The highest BCUT2D eigenvalue weighted by Gasteiger charge is 2.09. The topological polar surface area (TPSA) is 79.0 Å². The molecule has 0 atom stereocenters. The van der Waals surface area contributed by atoms with Crippen LogP contribution in [0.3, 0.4) is 0 Å². The molecule has 96 valence electrons. The molecule has 1 heterocycles. The Kier molecular flexibility index (Phi) is 4.00. The van der Waals surface area contributed by atoms with Gasteiger partial charge >= 0.3 is 5.00 Å². The van der Waals surface area contributed by atoms with E-state index in [4.69, 9.17) is 16.9 Å². The minimum Gasteiger partial charge on any atom is -0.380 e. The fourth-order valence-electron chi connectivity index (χ4n) is 1.48. The lowest BCUT2D eigenvalue weighted by Crippen LogP contribution is -1.99. The molecule has 19 heavy (non-hydrogen) atoms. The van der Waals surface area contributed by atoms with E-state index >= 15 is 0 Å². The predicted molar refractivity (Wildman–Crippen MR) is 74.5 cm³/mol. The first-order chi connectivity index (χ1) is 9.10. The van der Waals surface area contributed by atoms with Gasteiger partial charge in [-0.05, 0) is 23.8 Å². The number of thiophene rings is 1. The Hall–Kier alpha value is -2.10. The van der Waals surface area contributed by atoms with Crippen molar-refractivity contribution in [2.24, 2.45) is 0 Å². The van der Waals surface area contributed by atoms with Crippen molar-refractivity contribution in [1.29, 1.82) is 5.26 Å². The summed E-state index contributed by atoms with van der Waals surface area (Å²) >= 11 is 7.08. The van der Waals surface area contributed by atoms with Gasteiger partial charge < -0.3 is 5.32 Å². The fraction of sp³-hybridized carbons (Fsp3) is 0.0833. The van der Waals surface area contributed by atoms with Crippen molar-refractivity contribution < 1.29 is 4.92 Å². The van der Waals surface area contributed by atoms with Crippen molar-refractivity contribution in [2.75, 3.05) is 5.32 Å². The summed E-state index contributed by atoms with van der Waals surface area (Å²) in [6.45, 7) is 0.416. The first-order valence-corrected chi connectivity index (χ1v) is 6.51. The summed E-state index contributed by atoms with van der Waals surface area (Å²) in [5, 5.41) is 24.8. The standard InChI is InChI=1S/C12H8ClN3O2S/c13-10-2-1-8(5-14)3-11(10)15-6-9-4-12(16(17)18)19-7-9/h1-4,7,15H,6H2. The molecule has 0 saturated carbocycles. The molecule has 0 spiro atoms. The molecule has 1 N–H and O–H groups in total. The largest absolute Gasteiger partial charge is 0.380 e. The molecular formula is C12H8ClN3O2S. The zero-order valence-electron chi connectivity index (χ0n) is 9.59. The van der Waals surface area contributed by atoms with Crippen LogP contribution in [0.15, 0.2) is 29.6 Å². The van der Waals surface area contributed by atoms with E-state index in [9.17, 15) is 10.1 Å². The van der Waals surface area contributed by atoms with Gasteiger partial charge in [0.05, 0.1) is 27.3 Å². The van der Waals surface area contributed by atoms with Gasteiger partial charge in [-0.3, -0.25) is 10.1 Å². The molecule has 0 aliphatic rings. The second kappa shape index (κ2) is 5.69. The Morgan fingerprint density at radius 1 is 1.47 bits per heavy atom. The molecule has 1 aromatic carbocycles. The van der Waals surface area contributed by atoms with E-state index in [1.54, 1.807) is 23.6 Å². The maximum atomic E-state index is 10.6. The van der Waals surface area contributed by atoms with E-state index in [2.05, 4.69) is 5.32 Å². The number of halogens is 1. The summed E-state index contributed by atoms with van der Waals surface area (Å²) in [6.07, 6.45) is 0. The summed E-state index contributed by atoms with van der Waals surface area (Å²) in [7, 11) is 0. The van der Waals surface area contributed by atoms with Crippen molar-refractivity contribution in [3.63, 3.8) is 0 Å². The van der Waals surface area contributed by atoms with Crippen LogP contribution >= 0.6 is 22.9 Å². The van der Waals surface area contributed by atoms with Gasteiger partial charge in [-0.1, -0.05) is 22.9 Å². The zero-order valence-corrected chi connectivity index (χ0v) is 11.2. The van der Waals surface area contributed by atoms with Crippen molar-refractivity contribution in [1.82, 2.24) is 0 Å². The van der Waals surface area contributed by atoms with Crippen LogP contribution in [-0.2, 0) is 6.54 Å². The Morgan fingerprint density at radius 2 is 2.26 bits per heavy atom. The van der Waals surface area contributed by atoms with Crippen LogP contribution in [0, 0.1) is 21.4 Å². The van der Waals surface area contributed by atoms with E-state index in [1.165, 1.54) is 6.07 Å². The molecule has 2 rings (SSSR count). The molecule has 2 aromatic rings. The third-order valence-corrected chi connectivity index (χ3v) is 3.66. The van der Waals surface area contributed by atoms with Crippen LogP contribution in [0.2, 0.25) is 5.02 Å². The van der Waals surface area contributed by atoms with Gasteiger partial charge in [0.2, 0.25) is 0 Å². The summed E-state index contributed by atoms with van der Waals surface area (Å²) in [5.74, 6) is 0. The smallest absolute Gasteiger partial charge is 0.324 e. The lowest BCUT2D eigenvalue weighted by Gasteiger charge is -2.07. The molecule has 0 amide bonds. The SMILES string of the molecule is N#Cc1ccc(Cl)c(NCc2csc([N+](=O)[O-])c2)c1. The monoisotopic (exact) mass is 293 g/mol. The van der Waals surface area contributed by atoms with Crippen LogP contribution in [-0.4, -0.2) is 4.92 Å². The lowest BCUT2D eigenvalue weighted by molar-refractivity contribution is -0.380. The van der Waals surface area contributed by atoms with Crippen molar-refractivity contribution in [3.8, 4) is 6.07 Å². The summed E-state index contributed by atoms with van der Waals surface area (Å²) < 4.78 is 0. The highest BCUT2D eigenvalue weighted by molar-refractivity contribution is 7.13. The highest BCUT2D eigenvalue weighted by Crippen LogP contribution is 2.26. The second-order valence-electron chi connectivity index (χ2n) is 3.71. The van der Waals surface area contributed by atoms with Gasteiger partial charge in [0.1, 0.15) is 0 Å². The predicted octanol–water partition coefficient (Wildman–Crippen LogP) is 3.79. The lowest BCUT2D eigenvalue weighted by atomic mass is 10.2. The van der Waals surface area contributed by atoms with Gasteiger partial charge in [0.25, 0.3) is 0 Å². The van der Waals surface area contributed by atoms with Crippen LogP contribution < -0.4 is 5.32 Å². The summed E-state index contributed by atoms with van der Waals surface area (Å²) in [4.78, 5) is 10.1. The van der Waals surface area contributed by atoms with Gasteiger partial charge in [-0.2, -0.15) is 5.26 Å². The van der Waals surface area contributed by atoms with Gasteiger partial charge in [0.15, 0.2) is 0 Å². The molecule has 0 radical (unpaired) electrons. The number of nitrogens with one attached hydrogen (secondary N) is 1. The molecule has 7 heteroatoms. The maximum absolute atomic E-state index is 10.6. The Morgan fingerprint density at radius 3 is 2.89 bits per heavy atom. The fourth-order valence-corrected chi connectivity index (χ4v) is 2.39. The molecule has 0 unspecified atom stereocenters. The zero-order chi connectivity index (χ0) is 13.8. The van der Waals surface area contributed by atoms with E-state index < -0.39 is 4.92 Å². The first kappa shape index (κ1) is 13.3. The number of nitrogens with zero attached hydrogens (tertiary/aromatic N) is 2. The number of nitro groups is 1. The number of anilines is 1. The van der Waals surface area contributed by atoms with Gasteiger partial charge in [-0.15, -0.1) is 0 Å². The number of hydrogen-bond acceptors (Lipinski definition) is 5. The quantitative estimate of drug-likeness (QED) is 0.687. The van der Waals surface area contributed by atoms with Crippen LogP contribution in [0.5, 0.6) is 0 Å². The third-order valence-electron chi connectivity index (χ3n) is 2.40. The van der Waals surface area contributed by atoms with E-state index in [0.717, 1.165) is 16.9 Å². The van der Waals surface area contributed by atoms with Crippen molar-refractivity contribution >= 4 is 33.6 Å².